The van der Waals surface area contributed by atoms with Crippen molar-refractivity contribution in [3.8, 4) is 11.5 Å². The number of hydrogen-bond acceptors (Lipinski definition) is 5. The van der Waals surface area contributed by atoms with Gasteiger partial charge in [-0.25, -0.2) is 17.2 Å². The fraction of sp³-hybridized carbons (Fsp3) is 0.174. The number of amides is 1. The smallest absolute Gasteiger partial charge is 0.242 e. The van der Waals surface area contributed by atoms with E-state index in [9.17, 15) is 22.0 Å². The summed E-state index contributed by atoms with van der Waals surface area (Å²) < 4.78 is 65.5. The third-order valence-electron chi connectivity index (χ3n) is 4.75. The highest BCUT2D eigenvalue weighted by atomic mass is 32.2. The molecule has 33 heavy (non-hydrogen) atoms. The highest BCUT2D eigenvalue weighted by Gasteiger charge is 2.27. The number of ether oxygens (including phenoxy) is 2. The number of hydrogen-bond donors (Lipinski definition) is 2. The first kappa shape index (κ1) is 24.1. The fourth-order valence-corrected chi connectivity index (χ4v) is 4.29. The Morgan fingerprint density at radius 3 is 2.24 bits per heavy atom. The molecule has 1 unspecified atom stereocenters. The average Bonchev–Trinajstić information content (AvgIpc) is 2.81. The van der Waals surface area contributed by atoms with E-state index in [1.54, 1.807) is 30.3 Å². The van der Waals surface area contributed by atoms with Crippen molar-refractivity contribution in [3.05, 3.63) is 83.9 Å². The minimum absolute atomic E-state index is 0.0118. The lowest BCUT2D eigenvalue weighted by molar-refractivity contribution is -0.117. The molecule has 2 N–H and O–H groups in total. The first-order chi connectivity index (χ1) is 15.7. The number of nitrogens with one attached hydrogen (secondary N) is 2. The maximum absolute atomic E-state index is 13.5. The molecule has 0 heterocycles. The molecule has 174 valence electrons. The first-order valence-corrected chi connectivity index (χ1v) is 11.3. The molecule has 1 atom stereocenters. The first-order valence-electron chi connectivity index (χ1n) is 9.77. The summed E-state index contributed by atoms with van der Waals surface area (Å²) in [5.41, 5.74) is 0.681. The highest BCUT2D eigenvalue weighted by Crippen LogP contribution is 2.29. The maximum Gasteiger partial charge on any atom is 0.242 e. The number of rotatable bonds is 9. The van der Waals surface area contributed by atoms with Gasteiger partial charge in [-0.15, -0.1) is 0 Å². The van der Waals surface area contributed by atoms with Crippen LogP contribution in [-0.4, -0.2) is 34.6 Å². The maximum atomic E-state index is 13.5. The van der Waals surface area contributed by atoms with Gasteiger partial charge < -0.3 is 14.8 Å². The van der Waals surface area contributed by atoms with Crippen molar-refractivity contribution in [2.45, 2.75) is 17.4 Å². The third-order valence-corrected chi connectivity index (χ3v) is 6.22. The predicted molar refractivity (Wildman–Crippen MR) is 119 cm³/mol. The molecule has 0 fully saturated rings. The molecular formula is C23H22F2N2O5S. The van der Waals surface area contributed by atoms with Crippen LogP contribution in [0.4, 0.5) is 14.5 Å². The number of benzene rings is 3. The van der Waals surface area contributed by atoms with Crippen LogP contribution in [0.1, 0.15) is 5.56 Å². The van der Waals surface area contributed by atoms with Crippen molar-refractivity contribution in [1.29, 1.82) is 0 Å². The van der Waals surface area contributed by atoms with Gasteiger partial charge in [-0.3, -0.25) is 4.79 Å². The second-order valence-corrected chi connectivity index (χ2v) is 8.71. The minimum atomic E-state index is -4.17. The van der Waals surface area contributed by atoms with E-state index in [0.29, 0.717) is 11.3 Å². The molecule has 10 heteroatoms. The van der Waals surface area contributed by atoms with Crippen LogP contribution in [0.15, 0.2) is 71.6 Å². The molecule has 1 amide bonds. The number of carbonyl (C=O) groups is 1. The van der Waals surface area contributed by atoms with Crippen molar-refractivity contribution < 1.29 is 31.5 Å². The van der Waals surface area contributed by atoms with E-state index in [2.05, 4.69) is 10.0 Å². The van der Waals surface area contributed by atoms with Crippen LogP contribution < -0.4 is 19.5 Å². The molecule has 0 aliphatic heterocycles. The zero-order valence-corrected chi connectivity index (χ0v) is 18.7. The second-order valence-electron chi connectivity index (χ2n) is 7.00. The van der Waals surface area contributed by atoms with Gasteiger partial charge in [0.2, 0.25) is 15.9 Å². The van der Waals surface area contributed by atoms with Crippen molar-refractivity contribution in [3.63, 3.8) is 0 Å². The molecule has 7 nitrogen and oxygen atoms in total. The van der Waals surface area contributed by atoms with Crippen LogP contribution in [0.2, 0.25) is 0 Å². The third kappa shape index (κ3) is 6.05. The number of anilines is 1. The Balaban J connectivity index is 1.90. The van der Waals surface area contributed by atoms with Gasteiger partial charge in [-0.05, 0) is 36.2 Å². The zero-order valence-electron chi connectivity index (χ0n) is 17.8. The highest BCUT2D eigenvalue weighted by molar-refractivity contribution is 7.89. The topological polar surface area (TPSA) is 93.7 Å². The number of halogens is 2. The quantitative estimate of drug-likeness (QED) is 0.493. The summed E-state index contributed by atoms with van der Waals surface area (Å²) in [6.45, 7) is 0. The van der Waals surface area contributed by atoms with E-state index < -0.39 is 33.6 Å². The van der Waals surface area contributed by atoms with Crippen LogP contribution in [0.5, 0.6) is 11.5 Å². The normalized spacial score (nSPS) is 12.1. The Kier molecular flexibility index (Phi) is 7.62. The van der Waals surface area contributed by atoms with Crippen molar-refractivity contribution in [1.82, 2.24) is 4.72 Å². The molecule has 0 spiro atoms. The van der Waals surface area contributed by atoms with Crippen molar-refractivity contribution in [2.24, 2.45) is 0 Å². The summed E-state index contributed by atoms with van der Waals surface area (Å²) in [7, 11) is -1.38. The van der Waals surface area contributed by atoms with Gasteiger partial charge in [0.1, 0.15) is 6.04 Å². The van der Waals surface area contributed by atoms with Gasteiger partial charge in [-0.2, -0.15) is 4.72 Å². The van der Waals surface area contributed by atoms with Crippen molar-refractivity contribution in [2.75, 3.05) is 19.5 Å². The fourth-order valence-electron chi connectivity index (χ4n) is 3.08. The summed E-state index contributed by atoms with van der Waals surface area (Å²) >= 11 is 0. The Morgan fingerprint density at radius 2 is 1.61 bits per heavy atom. The molecule has 0 radical (unpaired) electrons. The van der Waals surface area contributed by atoms with E-state index >= 15 is 0 Å². The van der Waals surface area contributed by atoms with Gasteiger partial charge in [-0.1, -0.05) is 30.3 Å². The summed E-state index contributed by atoms with van der Waals surface area (Å²) in [6, 6.07) is 14.4. The van der Waals surface area contributed by atoms with Crippen LogP contribution >= 0.6 is 0 Å². The average molecular weight is 477 g/mol. The Morgan fingerprint density at radius 1 is 0.909 bits per heavy atom. The van der Waals surface area contributed by atoms with Crippen molar-refractivity contribution >= 4 is 21.6 Å². The lowest BCUT2D eigenvalue weighted by atomic mass is 10.1. The lowest BCUT2D eigenvalue weighted by Gasteiger charge is -2.19. The molecule has 0 aromatic heterocycles. The predicted octanol–water partition coefficient (Wildman–Crippen LogP) is 3.51. The van der Waals surface area contributed by atoms with Gasteiger partial charge >= 0.3 is 0 Å². The number of carbonyl (C=O) groups excluding carboxylic acids is 1. The van der Waals surface area contributed by atoms with Crippen LogP contribution in [-0.2, 0) is 21.2 Å². The Bertz CT molecular complexity index is 1240. The SMILES string of the molecule is COc1ccc(S(=O)(=O)NC(Cc2ccccc2)C(=O)Nc2ccc(F)c(F)c2)cc1OC. The largest absolute Gasteiger partial charge is 0.493 e. The molecule has 3 aromatic carbocycles. The van der Waals surface area contributed by atoms with Crippen LogP contribution in [0.3, 0.4) is 0 Å². The zero-order chi connectivity index (χ0) is 24.0. The van der Waals surface area contributed by atoms with Crippen LogP contribution in [0, 0.1) is 11.6 Å². The monoisotopic (exact) mass is 476 g/mol. The molecule has 0 aliphatic rings. The van der Waals surface area contributed by atoms with E-state index in [0.717, 1.165) is 12.1 Å². The van der Waals surface area contributed by atoms with Gasteiger partial charge in [0.25, 0.3) is 0 Å². The molecule has 0 bridgehead atoms. The molecule has 0 aliphatic carbocycles. The molecular weight excluding hydrogens is 454 g/mol. The summed E-state index contributed by atoms with van der Waals surface area (Å²) in [5.74, 6) is -2.41. The Labute approximate surface area is 190 Å². The standard InChI is InChI=1S/C23H22F2N2O5S/c1-31-21-11-9-17(14-22(21)32-2)33(29,30)27-20(12-15-6-4-3-5-7-15)23(28)26-16-8-10-18(24)19(25)13-16/h3-11,13-14,20,27H,12H2,1-2H3,(H,26,28). The lowest BCUT2D eigenvalue weighted by Crippen LogP contribution is -2.45. The summed E-state index contributed by atoms with van der Waals surface area (Å²) in [6.07, 6.45) is 0.0167. The van der Waals surface area contributed by atoms with Gasteiger partial charge in [0, 0.05) is 17.8 Å². The Hall–Kier alpha value is -3.50. The molecule has 0 saturated carbocycles. The van der Waals surface area contributed by atoms with E-state index in [1.165, 1.54) is 38.5 Å². The van der Waals surface area contributed by atoms with E-state index in [-0.39, 0.29) is 22.8 Å². The molecule has 3 aromatic rings. The molecule has 0 saturated heterocycles. The molecule has 3 rings (SSSR count). The van der Waals surface area contributed by atoms with Gasteiger partial charge in [0.05, 0.1) is 19.1 Å². The number of sulfonamides is 1. The second kappa shape index (κ2) is 10.4. The van der Waals surface area contributed by atoms with E-state index in [4.69, 9.17) is 9.47 Å². The van der Waals surface area contributed by atoms with Gasteiger partial charge in [0.15, 0.2) is 23.1 Å². The minimum Gasteiger partial charge on any atom is -0.493 e. The van der Waals surface area contributed by atoms with Crippen LogP contribution in [0.25, 0.3) is 0 Å². The summed E-state index contributed by atoms with van der Waals surface area (Å²) in [5, 5.41) is 2.43. The van der Waals surface area contributed by atoms with E-state index in [1.807, 2.05) is 0 Å². The number of methoxy groups -OCH3 is 2. The summed E-state index contributed by atoms with van der Waals surface area (Å²) in [4.78, 5) is 12.8.